The van der Waals surface area contributed by atoms with Crippen LogP contribution in [0.2, 0.25) is 5.02 Å². The van der Waals surface area contributed by atoms with E-state index in [9.17, 15) is 9.18 Å². The third-order valence-electron chi connectivity index (χ3n) is 6.71. The first kappa shape index (κ1) is 24.9. The largest absolute Gasteiger partial charge is 0.483 e. The van der Waals surface area contributed by atoms with E-state index in [0.717, 1.165) is 56.9 Å². The molecule has 4 rings (SSSR count). The molecule has 0 radical (unpaired) electrons. The predicted octanol–water partition coefficient (Wildman–Crippen LogP) is 3.38. The highest BCUT2D eigenvalue weighted by Crippen LogP contribution is 2.25. The van der Waals surface area contributed by atoms with Crippen LogP contribution >= 0.6 is 11.6 Å². The number of hydrogen-bond acceptors (Lipinski definition) is 5. The van der Waals surface area contributed by atoms with Gasteiger partial charge < -0.3 is 15.0 Å². The Morgan fingerprint density at radius 1 is 1.06 bits per heavy atom. The highest BCUT2D eigenvalue weighted by atomic mass is 35.5. The van der Waals surface area contributed by atoms with E-state index in [4.69, 9.17) is 16.3 Å². The average Bonchev–Trinajstić information content (AvgIpc) is 2.82. The van der Waals surface area contributed by atoms with Crippen molar-refractivity contribution in [3.05, 3.63) is 64.4 Å². The summed E-state index contributed by atoms with van der Waals surface area (Å²) >= 11 is 6.25. The number of halogens is 2. The van der Waals surface area contributed by atoms with Crippen molar-refractivity contribution < 1.29 is 13.9 Å². The van der Waals surface area contributed by atoms with Crippen molar-refractivity contribution in [3.8, 4) is 5.75 Å². The van der Waals surface area contributed by atoms with Crippen LogP contribution in [0.1, 0.15) is 25.0 Å². The van der Waals surface area contributed by atoms with Crippen molar-refractivity contribution in [2.45, 2.75) is 39.0 Å². The lowest BCUT2D eigenvalue weighted by atomic mass is 10.1. The molecule has 0 saturated carbocycles. The monoisotopic (exact) mass is 488 g/mol. The molecule has 2 aliphatic heterocycles. The summed E-state index contributed by atoms with van der Waals surface area (Å²) in [4.78, 5) is 19.7. The highest BCUT2D eigenvalue weighted by Gasteiger charge is 2.32. The molecule has 1 amide bonds. The number of rotatable bonds is 7. The zero-order valence-corrected chi connectivity index (χ0v) is 20.7. The SMILES string of the molecule is C[C@@H]1CN(Cc2ccc(F)cc2)[C@@H](C)CN1C(=O)COc1ccc(Cl)cc1CN1CCNCC1. The second kappa shape index (κ2) is 11.5. The molecule has 0 spiro atoms. The van der Waals surface area contributed by atoms with Gasteiger partial charge >= 0.3 is 0 Å². The first-order valence-corrected chi connectivity index (χ1v) is 12.4. The van der Waals surface area contributed by atoms with Crippen molar-refractivity contribution in [3.63, 3.8) is 0 Å². The van der Waals surface area contributed by atoms with E-state index < -0.39 is 0 Å². The molecular weight excluding hydrogens is 455 g/mol. The van der Waals surface area contributed by atoms with Crippen LogP contribution in [0.15, 0.2) is 42.5 Å². The number of carbonyl (C=O) groups excluding carboxylic acids is 1. The summed E-state index contributed by atoms with van der Waals surface area (Å²) < 4.78 is 19.2. The van der Waals surface area contributed by atoms with Gasteiger partial charge in [-0.1, -0.05) is 23.7 Å². The van der Waals surface area contributed by atoms with Crippen LogP contribution in [-0.4, -0.2) is 78.6 Å². The molecule has 2 aromatic carbocycles. The second-order valence-corrected chi connectivity index (χ2v) is 9.80. The highest BCUT2D eigenvalue weighted by molar-refractivity contribution is 6.30. The molecule has 2 atom stereocenters. The maximum Gasteiger partial charge on any atom is 0.260 e. The normalized spacial score (nSPS) is 22.1. The molecule has 2 aliphatic rings. The fourth-order valence-corrected chi connectivity index (χ4v) is 4.93. The van der Waals surface area contributed by atoms with Gasteiger partial charge in [0.25, 0.3) is 5.91 Å². The predicted molar refractivity (Wildman–Crippen MR) is 133 cm³/mol. The van der Waals surface area contributed by atoms with E-state index in [1.165, 1.54) is 12.1 Å². The van der Waals surface area contributed by atoms with Crippen LogP contribution < -0.4 is 10.1 Å². The van der Waals surface area contributed by atoms with Gasteiger partial charge in [-0.2, -0.15) is 0 Å². The van der Waals surface area contributed by atoms with Crippen molar-refractivity contribution in [2.24, 2.45) is 0 Å². The molecule has 2 aromatic rings. The number of benzene rings is 2. The first-order valence-electron chi connectivity index (χ1n) is 12.0. The molecule has 0 aliphatic carbocycles. The van der Waals surface area contributed by atoms with E-state index in [2.05, 4.69) is 29.0 Å². The van der Waals surface area contributed by atoms with Crippen molar-refractivity contribution in [2.75, 3.05) is 45.9 Å². The smallest absolute Gasteiger partial charge is 0.260 e. The number of ether oxygens (including phenoxy) is 1. The van der Waals surface area contributed by atoms with E-state index in [0.29, 0.717) is 17.3 Å². The van der Waals surface area contributed by atoms with E-state index >= 15 is 0 Å². The summed E-state index contributed by atoms with van der Waals surface area (Å²) in [6.07, 6.45) is 0. The molecule has 184 valence electrons. The van der Waals surface area contributed by atoms with Gasteiger partial charge in [0.05, 0.1) is 0 Å². The molecule has 8 heteroatoms. The molecule has 0 bridgehead atoms. The molecule has 2 heterocycles. The second-order valence-electron chi connectivity index (χ2n) is 9.37. The van der Waals surface area contributed by atoms with Crippen LogP contribution in [0.5, 0.6) is 5.75 Å². The van der Waals surface area contributed by atoms with Gasteiger partial charge in [0.15, 0.2) is 6.61 Å². The van der Waals surface area contributed by atoms with Gasteiger partial charge in [-0.05, 0) is 49.7 Å². The molecule has 2 saturated heterocycles. The number of carbonyl (C=O) groups is 1. The standard InChI is InChI=1S/C26H34ClFN4O2/c1-19-15-32(20(2)14-31(19)16-21-3-6-24(28)7-4-21)26(33)18-34-25-8-5-23(27)13-22(25)17-30-11-9-29-10-12-30/h3-8,13,19-20,29H,9-12,14-18H2,1-2H3/t19-,20+/m0/s1. The van der Waals surface area contributed by atoms with E-state index in [1.54, 1.807) is 0 Å². The number of hydrogen-bond donors (Lipinski definition) is 1. The molecule has 1 N–H and O–H groups in total. The van der Waals surface area contributed by atoms with Gasteiger partial charge in [0.2, 0.25) is 0 Å². The summed E-state index contributed by atoms with van der Waals surface area (Å²) in [6.45, 7) is 11.0. The molecule has 34 heavy (non-hydrogen) atoms. The molecule has 0 aromatic heterocycles. The fraction of sp³-hybridized carbons (Fsp3) is 0.500. The number of nitrogens with zero attached hydrogens (tertiary/aromatic N) is 3. The van der Waals surface area contributed by atoms with Gasteiger partial charge in [-0.25, -0.2) is 4.39 Å². The summed E-state index contributed by atoms with van der Waals surface area (Å²) in [7, 11) is 0. The Balaban J connectivity index is 1.34. The fourth-order valence-electron chi connectivity index (χ4n) is 4.74. The van der Waals surface area contributed by atoms with Crippen molar-refractivity contribution in [1.82, 2.24) is 20.0 Å². The zero-order valence-electron chi connectivity index (χ0n) is 20.0. The minimum atomic E-state index is -0.225. The Kier molecular flexibility index (Phi) is 8.42. The number of amides is 1. The van der Waals surface area contributed by atoms with Crippen LogP contribution in [0.4, 0.5) is 4.39 Å². The first-order chi connectivity index (χ1) is 16.4. The number of nitrogens with one attached hydrogen (secondary N) is 1. The van der Waals surface area contributed by atoms with Gasteiger partial charge in [0, 0.05) is 75.0 Å². The van der Waals surface area contributed by atoms with Gasteiger partial charge in [0.1, 0.15) is 11.6 Å². The van der Waals surface area contributed by atoms with Crippen LogP contribution in [0, 0.1) is 5.82 Å². The van der Waals surface area contributed by atoms with E-state index in [1.807, 2.05) is 35.2 Å². The minimum absolute atomic E-state index is 0.00517. The molecule has 2 fully saturated rings. The van der Waals surface area contributed by atoms with Crippen LogP contribution in [0.25, 0.3) is 0 Å². The number of piperazine rings is 2. The third-order valence-corrected chi connectivity index (χ3v) is 6.95. The van der Waals surface area contributed by atoms with Crippen molar-refractivity contribution >= 4 is 17.5 Å². The summed E-state index contributed by atoms with van der Waals surface area (Å²) in [6, 6.07) is 12.5. The summed E-state index contributed by atoms with van der Waals surface area (Å²) in [5.41, 5.74) is 2.08. The Hall–Kier alpha value is -2.19. The zero-order chi connectivity index (χ0) is 24.1. The molecular formula is C26H34ClFN4O2. The Bertz CT molecular complexity index is 968. The van der Waals surface area contributed by atoms with Gasteiger partial charge in [-0.3, -0.25) is 14.6 Å². The Morgan fingerprint density at radius 3 is 2.53 bits per heavy atom. The topological polar surface area (TPSA) is 48.1 Å². The lowest BCUT2D eigenvalue weighted by Gasteiger charge is -2.44. The van der Waals surface area contributed by atoms with Crippen molar-refractivity contribution in [1.29, 1.82) is 0 Å². The van der Waals surface area contributed by atoms with Crippen LogP contribution in [-0.2, 0) is 17.9 Å². The molecule has 6 nitrogen and oxygen atoms in total. The Labute approximate surface area is 206 Å². The van der Waals surface area contributed by atoms with E-state index in [-0.39, 0.29) is 30.4 Å². The maximum atomic E-state index is 13.2. The van der Waals surface area contributed by atoms with Crippen LogP contribution in [0.3, 0.4) is 0 Å². The third kappa shape index (κ3) is 6.48. The minimum Gasteiger partial charge on any atom is -0.483 e. The molecule has 0 unspecified atom stereocenters. The lowest BCUT2D eigenvalue weighted by Crippen LogP contribution is -2.58. The van der Waals surface area contributed by atoms with Gasteiger partial charge in [-0.15, -0.1) is 0 Å². The lowest BCUT2D eigenvalue weighted by molar-refractivity contribution is -0.139. The summed E-state index contributed by atoms with van der Waals surface area (Å²) in [5.74, 6) is 0.480. The maximum absolute atomic E-state index is 13.2. The quantitative estimate of drug-likeness (QED) is 0.647. The Morgan fingerprint density at radius 2 is 1.79 bits per heavy atom. The average molecular weight is 489 g/mol. The summed E-state index contributed by atoms with van der Waals surface area (Å²) in [5, 5.41) is 4.03.